The van der Waals surface area contributed by atoms with Crippen LogP contribution in [0, 0.1) is 0 Å². The standard InChI is InChI=1S/C25H24O5/c1-2-24(27)18-8-12-22(13-9-18)29-16-21(26)17-30-23-14-10-20(11-15-23)25(28)19-6-4-3-5-7-19/h3-15,21,26H,2,16-17H2,1H3/t21-/m1/s1. The number of Topliss-reactive ketones (excluding diaryl/α,β-unsaturated/α-hetero) is 1. The Morgan fingerprint density at radius 1 is 0.733 bits per heavy atom. The Bertz CT molecular complexity index is 963. The summed E-state index contributed by atoms with van der Waals surface area (Å²) in [7, 11) is 0. The maximum absolute atomic E-state index is 12.4. The lowest BCUT2D eigenvalue weighted by Gasteiger charge is -2.14. The van der Waals surface area contributed by atoms with Crippen LogP contribution in [0.1, 0.15) is 39.6 Å². The number of benzene rings is 3. The van der Waals surface area contributed by atoms with Gasteiger partial charge in [-0.15, -0.1) is 0 Å². The van der Waals surface area contributed by atoms with Crippen LogP contribution in [-0.2, 0) is 0 Å². The second-order valence-electron chi connectivity index (χ2n) is 6.80. The van der Waals surface area contributed by atoms with Crippen LogP contribution in [0.25, 0.3) is 0 Å². The summed E-state index contributed by atoms with van der Waals surface area (Å²) in [5, 5.41) is 10.1. The molecule has 154 valence electrons. The molecule has 0 saturated heterocycles. The van der Waals surface area contributed by atoms with E-state index < -0.39 is 6.10 Å². The summed E-state index contributed by atoms with van der Waals surface area (Å²) in [5.74, 6) is 1.15. The van der Waals surface area contributed by atoms with E-state index in [9.17, 15) is 14.7 Å². The van der Waals surface area contributed by atoms with Crippen molar-refractivity contribution in [1.82, 2.24) is 0 Å². The van der Waals surface area contributed by atoms with E-state index in [2.05, 4.69) is 0 Å². The van der Waals surface area contributed by atoms with Crippen molar-refractivity contribution in [2.24, 2.45) is 0 Å². The summed E-state index contributed by atoms with van der Waals surface area (Å²) < 4.78 is 11.1. The topological polar surface area (TPSA) is 72.8 Å². The number of ether oxygens (including phenoxy) is 2. The highest BCUT2D eigenvalue weighted by Gasteiger charge is 2.10. The number of carbonyl (C=O) groups is 2. The molecule has 5 heteroatoms. The SMILES string of the molecule is CCC(=O)c1ccc(OC[C@@H](O)COc2ccc(C(=O)c3ccccc3)cc2)cc1. The van der Waals surface area contributed by atoms with Gasteiger partial charge in [0.15, 0.2) is 11.6 Å². The van der Waals surface area contributed by atoms with Gasteiger partial charge in [0, 0.05) is 23.1 Å². The molecule has 0 fully saturated rings. The minimum Gasteiger partial charge on any atom is -0.491 e. The minimum absolute atomic E-state index is 0.0535. The third-order valence-corrected chi connectivity index (χ3v) is 4.53. The number of carbonyl (C=O) groups excluding carboxylic acids is 2. The average molecular weight is 404 g/mol. The number of aliphatic hydroxyl groups is 1. The van der Waals surface area contributed by atoms with Crippen LogP contribution in [0.15, 0.2) is 78.9 Å². The summed E-state index contributed by atoms with van der Waals surface area (Å²) in [4.78, 5) is 24.0. The lowest BCUT2D eigenvalue weighted by molar-refractivity contribution is 0.0626. The van der Waals surface area contributed by atoms with Gasteiger partial charge in [-0.05, 0) is 48.5 Å². The van der Waals surface area contributed by atoms with E-state index in [1.54, 1.807) is 60.7 Å². The van der Waals surface area contributed by atoms with E-state index >= 15 is 0 Å². The predicted octanol–water partition coefficient (Wildman–Crippen LogP) is 4.33. The number of hydrogen-bond acceptors (Lipinski definition) is 5. The number of hydrogen-bond donors (Lipinski definition) is 1. The number of ketones is 2. The zero-order valence-electron chi connectivity index (χ0n) is 16.8. The molecule has 1 atom stereocenters. The predicted molar refractivity (Wildman–Crippen MR) is 114 cm³/mol. The highest BCUT2D eigenvalue weighted by Crippen LogP contribution is 2.17. The molecule has 0 spiro atoms. The van der Waals surface area contributed by atoms with E-state index in [4.69, 9.17) is 9.47 Å². The summed E-state index contributed by atoms with van der Waals surface area (Å²) in [6, 6.07) is 22.7. The van der Waals surface area contributed by atoms with Crippen LogP contribution in [0.2, 0.25) is 0 Å². The fourth-order valence-electron chi connectivity index (χ4n) is 2.83. The van der Waals surface area contributed by atoms with Gasteiger partial charge in [-0.2, -0.15) is 0 Å². The Kier molecular flexibility index (Phi) is 7.35. The van der Waals surface area contributed by atoms with Crippen LogP contribution in [0.3, 0.4) is 0 Å². The fraction of sp³-hybridized carbons (Fsp3) is 0.200. The molecule has 0 aliphatic carbocycles. The molecular weight excluding hydrogens is 380 g/mol. The first-order valence-corrected chi connectivity index (χ1v) is 9.83. The second-order valence-corrected chi connectivity index (χ2v) is 6.80. The molecule has 1 N–H and O–H groups in total. The summed E-state index contributed by atoms with van der Waals surface area (Å²) in [6.45, 7) is 1.93. The van der Waals surface area contributed by atoms with Crippen molar-refractivity contribution < 1.29 is 24.2 Å². The van der Waals surface area contributed by atoms with Crippen molar-refractivity contribution in [3.63, 3.8) is 0 Å². The first kappa shape index (κ1) is 21.3. The molecule has 3 aromatic carbocycles. The van der Waals surface area contributed by atoms with Crippen molar-refractivity contribution in [1.29, 1.82) is 0 Å². The van der Waals surface area contributed by atoms with Gasteiger partial charge in [-0.1, -0.05) is 37.3 Å². The van der Waals surface area contributed by atoms with Gasteiger partial charge in [0.2, 0.25) is 0 Å². The normalized spacial score (nSPS) is 11.5. The molecule has 0 bridgehead atoms. The van der Waals surface area contributed by atoms with Gasteiger partial charge >= 0.3 is 0 Å². The third-order valence-electron chi connectivity index (χ3n) is 4.53. The highest BCUT2D eigenvalue weighted by molar-refractivity contribution is 6.09. The summed E-state index contributed by atoms with van der Waals surface area (Å²) >= 11 is 0. The smallest absolute Gasteiger partial charge is 0.193 e. The second kappa shape index (κ2) is 10.4. The number of rotatable bonds is 10. The van der Waals surface area contributed by atoms with Crippen molar-refractivity contribution in [3.05, 3.63) is 95.6 Å². The monoisotopic (exact) mass is 404 g/mol. The van der Waals surface area contributed by atoms with Crippen LogP contribution in [0.4, 0.5) is 0 Å². The highest BCUT2D eigenvalue weighted by atomic mass is 16.5. The molecule has 0 heterocycles. The lowest BCUT2D eigenvalue weighted by Crippen LogP contribution is -2.25. The quantitative estimate of drug-likeness (QED) is 0.509. The van der Waals surface area contributed by atoms with Gasteiger partial charge in [-0.25, -0.2) is 0 Å². The van der Waals surface area contributed by atoms with Gasteiger partial charge in [0.05, 0.1) is 0 Å². The maximum atomic E-state index is 12.4. The molecule has 0 radical (unpaired) electrons. The van der Waals surface area contributed by atoms with Gasteiger partial charge in [-0.3, -0.25) is 9.59 Å². The Balaban J connectivity index is 1.46. The van der Waals surface area contributed by atoms with Gasteiger partial charge < -0.3 is 14.6 Å². The molecule has 30 heavy (non-hydrogen) atoms. The minimum atomic E-state index is -0.826. The molecule has 0 aromatic heterocycles. The molecule has 0 unspecified atom stereocenters. The zero-order valence-corrected chi connectivity index (χ0v) is 16.8. The van der Waals surface area contributed by atoms with E-state index in [0.717, 1.165) is 0 Å². The largest absolute Gasteiger partial charge is 0.491 e. The first-order valence-electron chi connectivity index (χ1n) is 9.83. The molecule has 3 aromatic rings. The first-order chi connectivity index (χ1) is 14.6. The van der Waals surface area contributed by atoms with Gasteiger partial charge in [0.25, 0.3) is 0 Å². The van der Waals surface area contributed by atoms with E-state index in [-0.39, 0.29) is 24.8 Å². The number of aliphatic hydroxyl groups excluding tert-OH is 1. The molecular formula is C25H24O5. The maximum Gasteiger partial charge on any atom is 0.193 e. The van der Waals surface area contributed by atoms with Gasteiger partial charge in [0.1, 0.15) is 30.8 Å². The molecule has 0 aliphatic heterocycles. The Morgan fingerprint density at radius 3 is 1.70 bits per heavy atom. The third kappa shape index (κ3) is 5.78. The van der Waals surface area contributed by atoms with Crippen molar-refractivity contribution in [2.75, 3.05) is 13.2 Å². The van der Waals surface area contributed by atoms with Crippen molar-refractivity contribution >= 4 is 11.6 Å². The molecule has 0 amide bonds. The summed E-state index contributed by atoms with van der Waals surface area (Å²) in [6.07, 6.45) is -0.370. The average Bonchev–Trinajstić information content (AvgIpc) is 2.81. The van der Waals surface area contributed by atoms with Crippen LogP contribution in [0.5, 0.6) is 11.5 Å². The van der Waals surface area contributed by atoms with Crippen molar-refractivity contribution in [2.45, 2.75) is 19.4 Å². The van der Waals surface area contributed by atoms with E-state index in [1.165, 1.54) is 0 Å². The Hall–Kier alpha value is -3.44. The zero-order chi connectivity index (χ0) is 21.3. The molecule has 0 saturated carbocycles. The van der Waals surface area contributed by atoms with E-state index in [0.29, 0.717) is 34.6 Å². The molecule has 0 aliphatic rings. The summed E-state index contributed by atoms with van der Waals surface area (Å²) in [5.41, 5.74) is 1.84. The molecule has 3 rings (SSSR count). The van der Waals surface area contributed by atoms with Crippen LogP contribution < -0.4 is 9.47 Å². The van der Waals surface area contributed by atoms with Crippen LogP contribution >= 0.6 is 0 Å². The van der Waals surface area contributed by atoms with Crippen molar-refractivity contribution in [3.8, 4) is 11.5 Å². The Morgan fingerprint density at radius 2 is 1.20 bits per heavy atom. The van der Waals surface area contributed by atoms with Crippen LogP contribution in [-0.4, -0.2) is 36.0 Å². The molecule has 5 nitrogen and oxygen atoms in total. The Labute approximate surface area is 175 Å². The lowest BCUT2D eigenvalue weighted by atomic mass is 10.0. The fourth-order valence-corrected chi connectivity index (χ4v) is 2.83. The van der Waals surface area contributed by atoms with E-state index in [1.807, 2.05) is 25.1 Å².